The third kappa shape index (κ3) is 4.71. The second-order valence-corrected chi connectivity index (χ2v) is 4.67. The number of rotatable bonds is 4. The highest BCUT2D eigenvalue weighted by molar-refractivity contribution is 7.80. The van der Waals surface area contributed by atoms with Gasteiger partial charge in [-0.1, -0.05) is 13.0 Å². The van der Waals surface area contributed by atoms with Crippen molar-refractivity contribution in [2.24, 2.45) is 0 Å². The van der Waals surface area contributed by atoms with Gasteiger partial charge in [0.2, 0.25) is 0 Å². The molecule has 0 aliphatic rings. The fourth-order valence-corrected chi connectivity index (χ4v) is 1.96. The minimum Gasteiger partial charge on any atom is -0.394 e. The Morgan fingerprint density at radius 1 is 1.29 bits per heavy atom. The molecule has 0 amide bonds. The molecule has 94 valence electrons. The van der Waals surface area contributed by atoms with E-state index in [9.17, 15) is 0 Å². The molecule has 0 saturated carbocycles. The maximum absolute atomic E-state index is 9.08. The van der Waals surface area contributed by atoms with Gasteiger partial charge in [-0.2, -0.15) is 0 Å². The molecule has 3 N–H and O–H groups in total. The van der Waals surface area contributed by atoms with Crippen LogP contribution in [0.1, 0.15) is 24.5 Å². The lowest BCUT2D eigenvalue weighted by Gasteiger charge is -2.17. The van der Waals surface area contributed by atoms with Crippen LogP contribution < -0.4 is 10.6 Å². The summed E-state index contributed by atoms with van der Waals surface area (Å²) < 4.78 is 0. The molecule has 0 radical (unpaired) electrons. The fourth-order valence-electron chi connectivity index (χ4n) is 1.68. The van der Waals surface area contributed by atoms with E-state index in [0.29, 0.717) is 5.11 Å². The van der Waals surface area contributed by atoms with Gasteiger partial charge >= 0.3 is 0 Å². The Kier molecular flexibility index (Phi) is 5.38. The van der Waals surface area contributed by atoms with Crippen molar-refractivity contribution in [1.29, 1.82) is 0 Å². The number of benzene rings is 1. The quantitative estimate of drug-likeness (QED) is 0.720. The molecule has 1 aromatic rings. The molecule has 0 aromatic heterocycles. The third-order valence-corrected chi connectivity index (χ3v) is 2.75. The van der Waals surface area contributed by atoms with Gasteiger partial charge in [-0.25, -0.2) is 0 Å². The van der Waals surface area contributed by atoms with Crippen LogP contribution in [0.3, 0.4) is 0 Å². The standard InChI is InChI=1S/C13H20N2OS/c1-4-11(8-16)14-13(17)15-12-6-9(2)5-10(3)7-12/h5-7,11,16H,4,8H2,1-3H3,(H2,14,15,17). The molecule has 0 aliphatic carbocycles. The fraction of sp³-hybridized carbons (Fsp3) is 0.462. The van der Waals surface area contributed by atoms with Gasteiger partial charge in [0.1, 0.15) is 0 Å². The van der Waals surface area contributed by atoms with Gasteiger partial charge in [-0.05, 0) is 55.7 Å². The maximum atomic E-state index is 9.08. The average Bonchev–Trinajstić information content (AvgIpc) is 2.24. The zero-order chi connectivity index (χ0) is 12.8. The number of hydrogen-bond donors (Lipinski definition) is 3. The second-order valence-electron chi connectivity index (χ2n) is 4.26. The summed E-state index contributed by atoms with van der Waals surface area (Å²) in [5, 5.41) is 15.8. The first-order chi connectivity index (χ1) is 8.05. The van der Waals surface area contributed by atoms with Crippen LogP contribution in [0, 0.1) is 13.8 Å². The summed E-state index contributed by atoms with van der Waals surface area (Å²) in [4.78, 5) is 0. The molecule has 0 fully saturated rings. The monoisotopic (exact) mass is 252 g/mol. The van der Waals surface area contributed by atoms with Gasteiger partial charge in [0.05, 0.1) is 12.6 Å². The summed E-state index contributed by atoms with van der Waals surface area (Å²) in [6.07, 6.45) is 0.838. The van der Waals surface area contributed by atoms with E-state index in [4.69, 9.17) is 17.3 Å². The van der Waals surface area contributed by atoms with Crippen molar-refractivity contribution < 1.29 is 5.11 Å². The van der Waals surface area contributed by atoms with Crippen molar-refractivity contribution in [1.82, 2.24) is 5.32 Å². The van der Waals surface area contributed by atoms with Crippen LogP contribution in [0.5, 0.6) is 0 Å². The molecule has 0 spiro atoms. The minimum absolute atomic E-state index is 0.0147. The Bertz CT molecular complexity index is 369. The van der Waals surface area contributed by atoms with Crippen LogP contribution in [-0.2, 0) is 0 Å². The lowest BCUT2D eigenvalue weighted by Crippen LogP contribution is -2.39. The van der Waals surface area contributed by atoms with Crippen molar-refractivity contribution in [3.05, 3.63) is 29.3 Å². The molecule has 4 heteroatoms. The molecule has 17 heavy (non-hydrogen) atoms. The van der Waals surface area contributed by atoms with Gasteiger partial charge in [0, 0.05) is 5.69 Å². The molecule has 1 rings (SSSR count). The number of anilines is 1. The van der Waals surface area contributed by atoms with Gasteiger partial charge < -0.3 is 15.7 Å². The van der Waals surface area contributed by atoms with Crippen molar-refractivity contribution >= 4 is 23.0 Å². The predicted octanol–water partition coefficient (Wildman–Crippen LogP) is 2.36. The zero-order valence-corrected chi connectivity index (χ0v) is 11.4. The first-order valence-electron chi connectivity index (χ1n) is 5.81. The normalized spacial score (nSPS) is 12.0. The summed E-state index contributed by atoms with van der Waals surface area (Å²) in [7, 11) is 0. The van der Waals surface area contributed by atoms with Crippen molar-refractivity contribution in [3.63, 3.8) is 0 Å². The SMILES string of the molecule is CCC(CO)NC(=S)Nc1cc(C)cc(C)c1. The van der Waals surface area contributed by atoms with E-state index >= 15 is 0 Å². The van der Waals surface area contributed by atoms with E-state index in [2.05, 4.69) is 30.5 Å². The minimum atomic E-state index is 0.0147. The van der Waals surface area contributed by atoms with Crippen molar-refractivity contribution in [2.75, 3.05) is 11.9 Å². The van der Waals surface area contributed by atoms with Crippen LogP contribution in [0.25, 0.3) is 0 Å². The number of aliphatic hydroxyl groups excluding tert-OH is 1. The summed E-state index contributed by atoms with van der Waals surface area (Å²) in [6, 6.07) is 6.22. The first-order valence-corrected chi connectivity index (χ1v) is 6.22. The largest absolute Gasteiger partial charge is 0.394 e. The lowest BCUT2D eigenvalue weighted by molar-refractivity contribution is 0.253. The molecule has 0 aliphatic heterocycles. The first kappa shape index (κ1) is 13.9. The molecule has 1 unspecified atom stereocenters. The topological polar surface area (TPSA) is 44.3 Å². The number of aryl methyl sites for hydroxylation is 2. The number of aliphatic hydroxyl groups is 1. The Labute approximate surface area is 108 Å². The second kappa shape index (κ2) is 6.57. The Morgan fingerprint density at radius 2 is 1.88 bits per heavy atom. The third-order valence-electron chi connectivity index (χ3n) is 2.53. The van der Waals surface area contributed by atoms with E-state index in [1.54, 1.807) is 0 Å². The Hall–Kier alpha value is -1.13. The molecule has 0 saturated heterocycles. The number of thiocarbonyl (C=S) groups is 1. The molecule has 0 bridgehead atoms. The van der Waals surface area contributed by atoms with Gasteiger partial charge in [-0.15, -0.1) is 0 Å². The molecule has 1 aromatic carbocycles. The smallest absolute Gasteiger partial charge is 0.171 e. The van der Waals surface area contributed by atoms with Crippen molar-refractivity contribution in [2.45, 2.75) is 33.2 Å². The van der Waals surface area contributed by atoms with Crippen molar-refractivity contribution in [3.8, 4) is 0 Å². The predicted molar refractivity (Wildman–Crippen MR) is 76.4 cm³/mol. The summed E-state index contributed by atoms with van der Waals surface area (Å²) in [5.74, 6) is 0. The zero-order valence-electron chi connectivity index (χ0n) is 10.6. The highest BCUT2D eigenvalue weighted by Crippen LogP contribution is 2.13. The van der Waals surface area contributed by atoms with Crippen LogP contribution >= 0.6 is 12.2 Å². The van der Waals surface area contributed by atoms with Crippen LogP contribution in [-0.4, -0.2) is 22.9 Å². The molecular weight excluding hydrogens is 232 g/mol. The molecule has 0 heterocycles. The number of nitrogens with one attached hydrogen (secondary N) is 2. The van der Waals surface area contributed by atoms with E-state index in [-0.39, 0.29) is 12.6 Å². The van der Waals surface area contributed by atoms with Gasteiger partial charge in [0.15, 0.2) is 5.11 Å². The molecule has 1 atom stereocenters. The Balaban J connectivity index is 2.61. The van der Waals surface area contributed by atoms with Crippen LogP contribution in [0.15, 0.2) is 18.2 Å². The Morgan fingerprint density at radius 3 is 2.35 bits per heavy atom. The van der Waals surface area contributed by atoms with Crippen LogP contribution in [0.4, 0.5) is 5.69 Å². The maximum Gasteiger partial charge on any atom is 0.171 e. The molecular formula is C13H20N2OS. The van der Waals surface area contributed by atoms with Crippen LogP contribution in [0.2, 0.25) is 0 Å². The lowest BCUT2D eigenvalue weighted by atomic mass is 10.1. The van der Waals surface area contributed by atoms with E-state index in [1.165, 1.54) is 11.1 Å². The summed E-state index contributed by atoms with van der Waals surface area (Å²) in [5.41, 5.74) is 3.38. The summed E-state index contributed by atoms with van der Waals surface area (Å²) >= 11 is 5.20. The van der Waals surface area contributed by atoms with E-state index in [0.717, 1.165) is 12.1 Å². The highest BCUT2D eigenvalue weighted by Gasteiger charge is 2.06. The number of hydrogen-bond acceptors (Lipinski definition) is 2. The molecule has 3 nitrogen and oxygen atoms in total. The average molecular weight is 252 g/mol. The van der Waals surface area contributed by atoms with E-state index in [1.807, 2.05) is 19.1 Å². The van der Waals surface area contributed by atoms with E-state index < -0.39 is 0 Å². The van der Waals surface area contributed by atoms with Gasteiger partial charge in [-0.3, -0.25) is 0 Å². The van der Waals surface area contributed by atoms with Gasteiger partial charge in [0.25, 0.3) is 0 Å². The highest BCUT2D eigenvalue weighted by atomic mass is 32.1. The summed E-state index contributed by atoms with van der Waals surface area (Å²) in [6.45, 7) is 6.20.